The normalized spacial score (nSPS) is 10.4. The Bertz CT molecular complexity index is 599. The summed E-state index contributed by atoms with van der Waals surface area (Å²) >= 11 is 4.78. The van der Waals surface area contributed by atoms with Gasteiger partial charge < -0.3 is 5.11 Å². The molecule has 1 N–H and O–H groups in total. The van der Waals surface area contributed by atoms with Gasteiger partial charge in [0.1, 0.15) is 5.82 Å². The summed E-state index contributed by atoms with van der Waals surface area (Å²) in [7, 11) is 0. The second kappa shape index (κ2) is 6.21. The number of benzene rings is 2. The molecule has 0 atom stereocenters. The number of halogens is 2. The zero-order valence-electron chi connectivity index (χ0n) is 9.77. The summed E-state index contributed by atoms with van der Waals surface area (Å²) in [6.45, 7) is 0. The molecule has 0 radical (unpaired) electrons. The molecule has 0 spiro atoms. The van der Waals surface area contributed by atoms with Crippen molar-refractivity contribution < 1.29 is 14.3 Å². The standard InChI is InChI=1S/C14H10BrFO2S/c15-10-2-5-11(6-3-10)19-12-4-1-9(7-14(17)18)13(16)8-12/h1-6,8H,7H2,(H,17,18). The predicted octanol–water partition coefficient (Wildman–Crippen LogP) is 4.37. The van der Waals surface area contributed by atoms with Gasteiger partial charge in [0.15, 0.2) is 0 Å². The van der Waals surface area contributed by atoms with Crippen LogP contribution >= 0.6 is 27.7 Å². The highest BCUT2D eigenvalue weighted by atomic mass is 79.9. The zero-order chi connectivity index (χ0) is 13.8. The largest absolute Gasteiger partial charge is 0.481 e. The van der Waals surface area contributed by atoms with E-state index in [1.54, 1.807) is 6.07 Å². The Morgan fingerprint density at radius 1 is 1.16 bits per heavy atom. The summed E-state index contributed by atoms with van der Waals surface area (Å²) in [6, 6.07) is 12.3. The number of hydrogen-bond acceptors (Lipinski definition) is 2. The van der Waals surface area contributed by atoms with E-state index < -0.39 is 11.8 Å². The fourth-order valence-electron chi connectivity index (χ4n) is 1.54. The number of carboxylic acids is 1. The Morgan fingerprint density at radius 3 is 2.37 bits per heavy atom. The molecule has 0 aliphatic carbocycles. The van der Waals surface area contributed by atoms with E-state index in [1.807, 2.05) is 24.3 Å². The highest BCUT2D eigenvalue weighted by Gasteiger charge is 2.08. The molecule has 2 aromatic carbocycles. The van der Waals surface area contributed by atoms with Gasteiger partial charge in [0.05, 0.1) is 6.42 Å². The van der Waals surface area contributed by atoms with Gasteiger partial charge in [0.2, 0.25) is 0 Å². The summed E-state index contributed by atoms with van der Waals surface area (Å²) in [5, 5.41) is 8.65. The minimum atomic E-state index is -1.03. The second-order valence-corrected chi connectivity index (χ2v) is 5.94. The maximum absolute atomic E-state index is 13.7. The van der Waals surface area contributed by atoms with Crippen LogP contribution in [0.3, 0.4) is 0 Å². The van der Waals surface area contributed by atoms with Crippen LogP contribution in [0.4, 0.5) is 4.39 Å². The van der Waals surface area contributed by atoms with E-state index in [9.17, 15) is 9.18 Å². The Kier molecular flexibility index (Phi) is 4.61. The number of hydrogen-bond donors (Lipinski definition) is 1. The molecular weight excluding hydrogens is 331 g/mol. The van der Waals surface area contributed by atoms with Crippen LogP contribution in [-0.2, 0) is 11.2 Å². The van der Waals surface area contributed by atoms with E-state index in [-0.39, 0.29) is 12.0 Å². The molecule has 19 heavy (non-hydrogen) atoms. The summed E-state index contributed by atoms with van der Waals surface area (Å²) in [4.78, 5) is 12.3. The van der Waals surface area contributed by atoms with Crippen molar-refractivity contribution in [1.29, 1.82) is 0 Å². The van der Waals surface area contributed by atoms with Crippen molar-refractivity contribution in [3.05, 3.63) is 58.3 Å². The minimum Gasteiger partial charge on any atom is -0.481 e. The third kappa shape index (κ3) is 4.08. The van der Waals surface area contributed by atoms with Gasteiger partial charge >= 0.3 is 5.97 Å². The maximum atomic E-state index is 13.7. The molecule has 0 saturated carbocycles. The quantitative estimate of drug-likeness (QED) is 0.897. The third-order valence-corrected chi connectivity index (χ3v) is 3.94. The van der Waals surface area contributed by atoms with Gasteiger partial charge in [0.25, 0.3) is 0 Å². The lowest BCUT2D eigenvalue weighted by Gasteiger charge is -2.05. The minimum absolute atomic E-state index is 0.202. The number of rotatable bonds is 4. The fraction of sp³-hybridized carbons (Fsp3) is 0.0714. The molecule has 0 amide bonds. The SMILES string of the molecule is O=C(O)Cc1ccc(Sc2ccc(Br)cc2)cc1F. The lowest BCUT2D eigenvalue weighted by molar-refractivity contribution is -0.136. The van der Waals surface area contributed by atoms with Crippen LogP contribution in [0.5, 0.6) is 0 Å². The first-order valence-electron chi connectivity index (χ1n) is 5.48. The van der Waals surface area contributed by atoms with Crippen molar-refractivity contribution in [2.75, 3.05) is 0 Å². The van der Waals surface area contributed by atoms with Gasteiger partial charge in [-0.25, -0.2) is 4.39 Å². The molecule has 0 unspecified atom stereocenters. The van der Waals surface area contributed by atoms with E-state index in [4.69, 9.17) is 5.11 Å². The summed E-state index contributed by atoms with van der Waals surface area (Å²) < 4.78 is 14.7. The van der Waals surface area contributed by atoms with Crippen molar-refractivity contribution in [3.63, 3.8) is 0 Å². The van der Waals surface area contributed by atoms with Crippen LogP contribution in [0.2, 0.25) is 0 Å². The van der Waals surface area contributed by atoms with Gasteiger partial charge in [-0.15, -0.1) is 0 Å². The van der Waals surface area contributed by atoms with E-state index in [0.29, 0.717) is 0 Å². The first-order chi connectivity index (χ1) is 9.04. The van der Waals surface area contributed by atoms with Gasteiger partial charge in [-0.05, 0) is 42.0 Å². The average molecular weight is 341 g/mol. The first kappa shape index (κ1) is 14.1. The van der Waals surface area contributed by atoms with E-state index in [0.717, 1.165) is 14.3 Å². The average Bonchev–Trinajstić information content (AvgIpc) is 2.35. The number of carboxylic acid groups (broad SMARTS) is 1. The van der Waals surface area contributed by atoms with Crippen LogP contribution in [0.1, 0.15) is 5.56 Å². The van der Waals surface area contributed by atoms with Gasteiger partial charge in [-0.1, -0.05) is 33.8 Å². The van der Waals surface area contributed by atoms with E-state index >= 15 is 0 Å². The van der Waals surface area contributed by atoms with E-state index in [2.05, 4.69) is 15.9 Å². The summed E-state index contributed by atoms with van der Waals surface area (Å²) in [5.74, 6) is -1.52. The molecule has 2 rings (SSSR count). The molecular formula is C14H10BrFO2S. The first-order valence-corrected chi connectivity index (χ1v) is 7.09. The third-order valence-electron chi connectivity index (χ3n) is 2.42. The Balaban J connectivity index is 2.15. The van der Waals surface area contributed by atoms with Crippen molar-refractivity contribution >= 4 is 33.7 Å². The van der Waals surface area contributed by atoms with Crippen LogP contribution in [-0.4, -0.2) is 11.1 Å². The van der Waals surface area contributed by atoms with Gasteiger partial charge in [0, 0.05) is 14.3 Å². The Morgan fingerprint density at radius 2 is 1.79 bits per heavy atom. The van der Waals surface area contributed by atoms with Crippen LogP contribution in [0, 0.1) is 5.82 Å². The van der Waals surface area contributed by atoms with Crippen molar-refractivity contribution in [2.45, 2.75) is 16.2 Å². The maximum Gasteiger partial charge on any atom is 0.307 e. The van der Waals surface area contributed by atoms with Gasteiger partial charge in [-0.3, -0.25) is 4.79 Å². The van der Waals surface area contributed by atoms with Crippen molar-refractivity contribution in [3.8, 4) is 0 Å². The Hall–Kier alpha value is -1.33. The number of aliphatic carboxylic acids is 1. The molecule has 0 heterocycles. The second-order valence-electron chi connectivity index (χ2n) is 3.88. The molecule has 0 bridgehead atoms. The topological polar surface area (TPSA) is 37.3 Å². The lowest BCUT2D eigenvalue weighted by Crippen LogP contribution is -2.02. The molecule has 98 valence electrons. The molecule has 2 nitrogen and oxygen atoms in total. The monoisotopic (exact) mass is 340 g/mol. The number of carbonyl (C=O) groups is 1. The van der Waals surface area contributed by atoms with Crippen molar-refractivity contribution in [2.24, 2.45) is 0 Å². The molecule has 0 aromatic heterocycles. The highest BCUT2D eigenvalue weighted by molar-refractivity contribution is 9.10. The molecule has 0 saturated heterocycles. The fourth-order valence-corrected chi connectivity index (χ4v) is 2.64. The molecule has 0 aliphatic rings. The predicted molar refractivity (Wildman–Crippen MR) is 76.0 cm³/mol. The molecule has 0 fully saturated rings. The Labute approximate surface area is 122 Å². The molecule has 2 aromatic rings. The van der Waals surface area contributed by atoms with Crippen LogP contribution < -0.4 is 0 Å². The smallest absolute Gasteiger partial charge is 0.307 e. The van der Waals surface area contributed by atoms with Gasteiger partial charge in [-0.2, -0.15) is 0 Å². The van der Waals surface area contributed by atoms with Crippen LogP contribution in [0.25, 0.3) is 0 Å². The van der Waals surface area contributed by atoms with E-state index in [1.165, 1.54) is 23.9 Å². The van der Waals surface area contributed by atoms with Crippen molar-refractivity contribution in [1.82, 2.24) is 0 Å². The molecule has 0 aliphatic heterocycles. The summed E-state index contributed by atoms with van der Waals surface area (Å²) in [5.41, 5.74) is 0.202. The molecule has 5 heteroatoms. The summed E-state index contributed by atoms with van der Waals surface area (Å²) in [6.07, 6.45) is -0.297. The van der Waals surface area contributed by atoms with Crippen LogP contribution in [0.15, 0.2) is 56.7 Å². The lowest BCUT2D eigenvalue weighted by atomic mass is 10.1. The highest BCUT2D eigenvalue weighted by Crippen LogP contribution is 2.29. The zero-order valence-corrected chi connectivity index (χ0v) is 12.2.